The van der Waals surface area contributed by atoms with Crippen LogP contribution in [-0.4, -0.2) is 17.7 Å². The van der Waals surface area contributed by atoms with Gasteiger partial charge in [-0.2, -0.15) is 0 Å². The Labute approximate surface area is 51.3 Å². The van der Waals surface area contributed by atoms with Crippen LogP contribution in [0.15, 0.2) is 5.76 Å². The van der Waals surface area contributed by atoms with Crippen molar-refractivity contribution in [2.45, 2.75) is 0 Å². The molecule has 0 aromatic rings. The minimum Gasteiger partial charge on any atom is -0.403 e. The van der Waals surface area contributed by atoms with Crippen molar-refractivity contribution < 1.29 is 9.53 Å². The number of carbonyl (C=O) groups excluding carboxylic acids is 1. The molecule has 42 valence electrons. The van der Waals surface area contributed by atoms with Crippen molar-refractivity contribution in [1.82, 2.24) is 5.32 Å². The Balaban J connectivity index is 2.70. The van der Waals surface area contributed by atoms with Gasteiger partial charge in [0.05, 0.1) is 6.54 Å². The number of nitrogens with one attached hydrogen (secondary N) is 1. The normalized spacial score (nSPS) is 17.0. The Morgan fingerprint density at radius 1 is 1.88 bits per heavy atom. The molecule has 0 bridgehead atoms. The van der Waals surface area contributed by atoms with E-state index >= 15 is 0 Å². The van der Waals surface area contributed by atoms with Crippen molar-refractivity contribution in [3.8, 4) is 0 Å². The van der Waals surface area contributed by atoms with Crippen LogP contribution in [0.3, 0.4) is 0 Å². The molecular weight excluding hydrogens is 126 g/mol. The summed E-state index contributed by atoms with van der Waals surface area (Å²) < 4.78 is 4.46. The maximum absolute atomic E-state index is 10.2. The van der Waals surface area contributed by atoms with E-state index in [1.54, 1.807) is 0 Å². The van der Waals surface area contributed by atoms with Gasteiger partial charge in [-0.1, -0.05) is 0 Å². The van der Waals surface area contributed by atoms with E-state index in [0.717, 1.165) is 0 Å². The molecule has 0 unspecified atom stereocenters. The smallest absolute Gasteiger partial charge is 0.403 e. The number of carbonyl (C=O) groups is 1. The monoisotopic (exact) mass is 129 g/mol. The van der Waals surface area contributed by atoms with Gasteiger partial charge in [-0.15, -0.1) is 0 Å². The fourth-order valence-electron chi connectivity index (χ4n) is 0.393. The van der Waals surface area contributed by atoms with Crippen molar-refractivity contribution in [3.63, 3.8) is 0 Å². The number of amides is 1. The standard InChI is InChI=1S/C4H3NO2S/c6-4-5-1-3(2-8)7-4/h1H2,(H,5,6). The van der Waals surface area contributed by atoms with Gasteiger partial charge in [-0.05, 0) is 17.2 Å². The van der Waals surface area contributed by atoms with E-state index in [1.165, 1.54) is 0 Å². The molecule has 0 spiro atoms. The summed E-state index contributed by atoms with van der Waals surface area (Å²) in [6, 6.07) is 0. The van der Waals surface area contributed by atoms with Gasteiger partial charge in [0.15, 0.2) is 5.76 Å². The molecule has 3 nitrogen and oxygen atoms in total. The van der Waals surface area contributed by atoms with Crippen LogP contribution in [-0.2, 0) is 4.74 Å². The van der Waals surface area contributed by atoms with Crippen molar-refractivity contribution in [2.24, 2.45) is 0 Å². The van der Waals surface area contributed by atoms with E-state index in [-0.39, 0.29) is 0 Å². The van der Waals surface area contributed by atoms with Crippen molar-refractivity contribution >= 4 is 23.3 Å². The van der Waals surface area contributed by atoms with Crippen LogP contribution in [0.1, 0.15) is 0 Å². The topological polar surface area (TPSA) is 38.3 Å². The van der Waals surface area contributed by atoms with Gasteiger partial charge in [0.1, 0.15) is 0 Å². The number of cyclic esters (lactones) is 1. The van der Waals surface area contributed by atoms with Crippen LogP contribution >= 0.6 is 12.2 Å². The zero-order valence-corrected chi connectivity index (χ0v) is 4.75. The lowest BCUT2D eigenvalue weighted by atomic mass is 10.6. The molecule has 1 saturated heterocycles. The first kappa shape index (κ1) is 5.28. The zero-order valence-electron chi connectivity index (χ0n) is 3.93. The third kappa shape index (κ3) is 0.857. The van der Waals surface area contributed by atoms with E-state index < -0.39 is 6.09 Å². The highest BCUT2D eigenvalue weighted by Gasteiger charge is 2.14. The summed E-state index contributed by atoms with van der Waals surface area (Å²) in [7, 11) is 0. The molecule has 1 aliphatic heterocycles. The fraction of sp³-hybridized carbons (Fsp3) is 0.250. The van der Waals surface area contributed by atoms with Crippen LogP contribution in [0.25, 0.3) is 0 Å². The lowest BCUT2D eigenvalue weighted by Gasteiger charge is -1.82. The Bertz CT molecular complexity index is 171. The maximum atomic E-state index is 10.2. The number of rotatable bonds is 0. The predicted octanol–water partition coefficient (Wildman–Crippen LogP) is 0.209. The summed E-state index contributed by atoms with van der Waals surface area (Å²) in [5.41, 5.74) is 0. The predicted molar refractivity (Wildman–Crippen MR) is 30.6 cm³/mol. The average molecular weight is 129 g/mol. The van der Waals surface area contributed by atoms with E-state index in [4.69, 9.17) is 0 Å². The molecule has 1 rings (SSSR count). The first-order valence-corrected chi connectivity index (χ1v) is 2.43. The van der Waals surface area contributed by atoms with Crippen molar-refractivity contribution in [1.29, 1.82) is 0 Å². The number of hydrogen-bond donors (Lipinski definition) is 1. The van der Waals surface area contributed by atoms with Crippen LogP contribution in [0, 0.1) is 0 Å². The Hall–Kier alpha value is -0.860. The molecule has 1 heterocycles. The van der Waals surface area contributed by atoms with Crippen molar-refractivity contribution in [3.05, 3.63) is 5.76 Å². The number of alkyl carbamates (subject to hydrolysis) is 1. The maximum Gasteiger partial charge on any atom is 0.413 e. The second-order valence-electron chi connectivity index (χ2n) is 1.27. The Kier molecular flexibility index (Phi) is 1.28. The molecule has 0 atom stereocenters. The van der Waals surface area contributed by atoms with Crippen LogP contribution in [0.4, 0.5) is 4.79 Å². The van der Waals surface area contributed by atoms with Gasteiger partial charge >= 0.3 is 6.09 Å². The van der Waals surface area contributed by atoms with E-state index in [0.29, 0.717) is 12.3 Å². The molecule has 0 aromatic heterocycles. The second-order valence-corrected chi connectivity index (χ2v) is 1.47. The highest BCUT2D eigenvalue weighted by molar-refractivity contribution is 7.78. The summed E-state index contributed by atoms with van der Waals surface area (Å²) in [6.45, 7) is 0.377. The third-order valence-electron chi connectivity index (χ3n) is 0.723. The molecule has 1 N–H and O–H groups in total. The summed E-state index contributed by atoms with van der Waals surface area (Å²) >= 11 is 4.36. The van der Waals surface area contributed by atoms with Crippen LogP contribution in [0.2, 0.25) is 0 Å². The Morgan fingerprint density at radius 2 is 2.62 bits per heavy atom. The van der Waals surface area contributed by atoms with Gasteiger partial charge in [0.25, 0.3) is 0 Å². The minimum absolute atomic E-state index is 0.377. The summed E-state index contributed by atoms with van der Waals surface area (Å²) in [5, 5.41) is 4.68. The van der Waals surface area contributed by atoms with Gasteiger partial charge in [0, 0.05) is 0 Å². The molecule has 0 radical (unpaired) electrons. The van der Waals surface area contributed by atoms with E-state index in [2.05, 4.69) is 27.3 Å². The van der Waals surface area contributed by atoms with Crippen LogP contribution < -0.4 is 5.32 Å². The molecule has 1 amide bonds. The van der Waals surface area contributed by atoms with E-state index in [1.807, 2.05) is 0 Å². The first-order valence-electron chi connectivity index (χ1n) is 2.02. The Morgan fingerprint density at radius 3 is 2.88 bits per heavy atom. The summed E-state index contributed by atoms with van der Waals surface area (Å²) in [5.74, 6) is 0.394. The molecule has 1 fully saturated rings. The minimum atomic E-state index is -0.447. The molecule has 8 heavy (non-hydrogen) atoms. The van der Waals surface area contributed by atoms with Gasteiger partial charge in [0.2, 0.25) is 0 Å². The largest absolute Gasteiger partial charge is 0.413 e. The number of hydrogen-bond acceptors (Lipinski definition) is 3. The number of ether oxygens (including phenoxy) is 1. The van der Waals surface area contributed by atoms with E-state index in [9.17, 15) is 4.79 Å². The molecule has 1 aliphatic rings. The molecule has 0 aromatic carbocycles. The fourth-order valence-corrected chi connectivity index (χ4v) is 0.507. The van der Waals surface area contributed by atoms with Gasteiger partial charge < -0.3 is 10.1 Å². The summed E-state index contributed by atoms with van der Waals surface area (Å²) in [6.07, 6.45) is -0.447. The highest BCUT2D eigenvalue weighted by Crippen LogP contribution is 1.97. The zero-order chi connectivity index (χ0) is 5.98. The average Bonchev–Trinajstić information content (AvgIpc) is 2.14. The molecule has 0 saturated carbocycles. The van der Waals surface area contributed by atoms with Crippen LogP contribution in [0.5, 0.6) is 0 Å². The van der Waals surface area contributed by atoms with Gasteiger partial charge in [-0.25, -0.2) is 4.79 Å². The summed E-state index contributed by atoms with van der Waals surface area (Å²) in [4.78, 5) is 10.2. The lowest BCUT2D eigenvalue weighted by Crippen LogP contribution is -2.11. The first-order chi connectivity index (χ1) is 3.83. The third-order valence-corrected chi connectivity index (χ3v) is 0.951. The second kappa shape index (κ2) is 1.94. The molecular formula is C4H3NO2S. The lowest BCUT2D eigenvalue weighted by molar-refractivity contribution is 0.196. The quantitative estimate of drug-likeness (QED) is 0.475. The molecule has 4 heteroatoms. The SMILES string of the molecule is O=C1NCC(=C=S)O1. The van der Waals surface area contributed by atoms with Crippen molar-refractivity contribution in [2.75, 3.05) is 6.54 Å². The highest BCUT2D eigenvalue weighted by atomic mass is 32.1. The molecule has 0 aliphatic carbocycles. The number of thiocarbonyl (C=S) groups is 1. The van der Waals surface area contributed by atoms with Gasteiger partial charge in [-0.3, -0.25) is 0 Å².